The van der Waals surface area contributed by atoms with E-state index < -0.39 is 0 Å². The first-order chi connectivity index (χ1) is 10.9. The average Bonchev–Trinajstić information content (AvgIpc) is 2.90. The number of aryl methyl sites for hydroxylation is 2. The van der Waals surface area contributed by atoms with Crippen LogP contribution in [0.15, 0.2) is 36.4 Å². The van der Waals surface area contributed by atoms with Crippen LogP contribution in [-0.2, 0) is 0 Å². The molecule has 0 spiro atoms. The number of aromatic nitrogens is 1. The van der Waals surface area contributed by atoms with Crippen LogP contribution >= 0.6 is 11.3 Å². The normalized spacial score (nSPS) is 11.2. The van der Waals surface area contributed by atoms with E-state index in [9.17, 15) is 4.79 Å². The molecule has 0 unspecified atom stereocenters. The van der Waals surface area contributed by atoms with Gasteiger partial charge in [0.25, 0.3) is 5.91 Å². The van der Waals surface area contributed by atoms with Gasteiger partial charge in [0.2, 0.25) is 0 Å². The van der Waals surface area contributed by atoms with Gasteiger partial charge in [0, 0.05) is 5.56 Å². The molecule has 0 bridgehead atoms. The van der Waals surface area contributed by atoms with Gasteiger partial charge in [0.05, 0.1) is 10.2 Å². The highest BCUT2D eigenvalue weighted by atomic mass is 32.1. The Morgan fingerprint density at radius 2 is 1.83 bits per heavy atom. The molecule has 3 aromatic rings. The molecule has 0 aliphatic rings. The monoisotopic (exact) mass is 324 g/mol. The summed E-state index contributed by atoms with van der Waals surface area (Å²) < 4.78 is 1.10. The topological polar surface area (TPSA) is 42.0 Å². The van der Waals surface area contributed by atoms with E-state index in [1.165, 1.54) is 22.5 Å². The summed E-state index contributed by atoms with van der Waals surface area (Å²) in [4.78, 5) is 16.9. The van der Waals surface area contributed by atoms with Gasteiger partial charge in [-0.1, -0.05) is 43.4 Å². The summed E-state index contributed by atoms with van der Waals surface area (Å²) in [5.41, 5.74) is 5.19. The largest absolute Gasteiger partial charge is 0.298 e. The fourth-order valence-corrected chi connectivity index (χ4v) is 3.65. The summed E-state index contributed by atoms with van der Waals surface area (Å²) in [6, 6.07) is 12.0. The number of anilines is 1. The summed E-state index contributed by atoms with van der Waals surface area (Å²) in [7, 11) is 0. The molecule has 0 saturated carbocycles. The third-order valence-electron chi connectivity index (χ3n) is 3.89. The quantitative estimate of drug-likeness (QED) is 0.711. The van der Waals surface area contributed by atoms with Gasteiger partial charge in [-0.05, 0) is 54.7 Å². The molecule has 3 rings (SSSR count). The van der Waals surface area contributed by atoms with Crippen LogP contribution in [0.4, 0.5) is 5.13 Å². The van der Waals surface area contributed by atoms with Crippen molar-refractivity contribution in [2.75, 3.05) is 5.32 Å². The van der Waals surface area contributed by atoms with Crippen molar-refractivity contribution in [3.8, 4) is 0 Å². The zero-order valence-electron chi connectivity index (χ0n) is 13.8. The maximum Gasteiger partial charge on any atom is 0.257 e. The van der Waals surface area contributed by atoms with Crippen LogP contribution in [0.25, 0.3) is 10.2 Å². The van der Waals surface area contributed by atoms with E-state index in [0.717, 1.165) is 15.8 Å². The fraction of sp³-hybridized carbons (Fsp3) is 0.263. The Hall–Kier alpha value is -2.20. The van der Waals surface area contributed by atoms with Crippen LogP contribution in [-0.4, -0.2) is 10.9 Å². The van der Waals surface area contributed by atoms with Crippen molar-refractivity contribution in [3.05, 3.63) is 58.7 Å². The second kappa shape index (κ2) is 6.13. The molecule has 0 aliphatic heterocycles. The second-order valence-electron chi connectivity index (χ2n) is 6.18. The minimum Gasteiger partial charge on any atom is -0.298 e. The van der Waals surface area contributed by atoms with E-state index in [1.54, 1.807) is 0 Å². The van der Waals surface area contributed by atoms with Crippen LogP contribution in [0.2, 0.25) is 0 Å². The zero-order valence-corrected chi connectivity index (χ0v) is 14.6. The summed E-state index contributed by atoms with van der Waals surface area (Å²) in [6.45, 7) is 8.40. The Balaban J connectivity index is 1.83. The van der Waals surface area contributed by atoms with E-state index in [0.29, 0.717) is 16.6 Å². The third-order valence-corrected chi connectivity index (χ3v) is 4.81. The van der Waals surface area contributed by atoms with Crippen molar-refractivity contribution in [2.45, 2.75) is 33.6 Å². The molecule has 0 radical (unpaired) electrons. The molecule has 3 nitrogen and oxygen atoms in total. The van der Waals surface area contributed by atoms with E-state index in [1.807, 2.05) is 31.2 Å². The molecule has 23 heavy (non-hydrogen) atoms. The maximum atomic E-state index is 12.4. The molecular weight excluding hydrogens is 304 g/mol. The first-order valence-electron chi connectivity index (χ1n) is 7.73. The lowest BCUT2D eigenvalue weighted by Gasteiger charge is -2.06. The number of rotatable bonds is 3. The van der Waals surface area contributed by atoms with E-state index in [2.05, 4.69) is 43.2 Å². The third kappa shape index (κ3) is 3.27. The number of amides is 1. The van der Waals surface area contributed by atoms with Gasteiger partial charge in [0.1, 0.15) is 0 Å². The van der Waals surface area contributed by atoms with Gasteiger partial charge in [-0.2, -0.15) is 0 Å². The Morgan fingerprint density at radius 3 is 2.48 bits per heavy atom. The minimum atomic E-state index is -0.117. The molecule has 118 valence electrons. The summed E-state index contributed by atoms with van der Waals surface area (Å²) in [6.07, 6.45) is 0. The van der Waals surface area contributed by atoms with Crippen LogP contribution in [0.1, 0.15) is 46.8 Å². The van der Waals surface area contributed by atoms with E-state index in [4.69, 9.17) is 0 Å². The summed E-state index contributed by atoms with van der Waals surface area (Å²) in [5, 5.41) is 3.56. The zero-order chi connectivity index (χ0) is 16.6. The average molecular weight is 324 g/mol. The number of nitrogens with one attached hydrogen (secondary N) is 1. The molecule has 0 saturated heterocycles. The first-order valence-corrected chi connectivity index (χ1v) is 8.55. The lowest BCUT2D eigenvalue weighted by Crippen LogP contribution is -2.11. The highest BCUT2D eigenvalue weighted by Crippen LogP contribution is 2.29. The molecule has 1 heterocycles. The number of hydrogen-bond acceptors (Lipinski definition) is 3. The van der Waals surface area contributed by atoms with Crippen LogP contribution in [0, 0.1) is 13.8 Å². The molecule has 1 amide bonds. The number of fused-ring (bicyclic) bond motifs is 1. The van der Waals surface area contributed by atoms with Gasteiger partial charge < -0.3 is 0 Å². The molecule has 1 N–H and O–H groups in total. The van der Waals surface area contributed by atoms with Crippen LogP contribution in [0.3, 0.4) is 0 Å². The fourth-order valence-electron chi connectivity index (χ4n) is 2.61. The molecule has 0 atom stereocenters. The van der Waals surface area contributed by atoms with E-state index >= 15 is 0 Å². The highest BCUT2D eigenvalue weighted by Gasteiger charge is 2.12. The lowest BCUT2D eigenvalue weighted by molar-refractivity contribution is 0.102. The predicted molar refractivity (Wildman–Crippen MR) is 97.6 cm³/mol. The van der Waals surface area contributed by atoms with Gasteiger partial charge in [-0.3, -0.25) is 10.1 Å². The van der Waals surface area contributed by atoms with Gasteiger partial charge in [0.15, 0.2) is 5.13 Å². The van der Waals surface area contributed by atoms with Gasteiger partial charge in [-0.25, -0.2) is 4.98 Å². The van der Waals surface area contributed by atoms with Crippen molar-refractivity contribution >= 4 is 32.6 Å². The van der Waals surface area contributed by atoms with Crippen molar-refractivity contribution in [1.29, 1.82) is 0 Å². The number of benzene rings is 2. The standard InChI is InChI=1S/C19H20N2OS/c1-11(2)14-5-7-15(8-6-14)18(22)21-19-20-17-13(4)9-12(3)10-16(17)23-19/h5-11H,1-4H3,(H,20,21,22). The Kier molecular flexibility index (Phi) is 4.18. The maximum absolute atomic E-state index is 12.4. The first kappa shape index (κ1) is 15.7. The second-order valence-corrected chi connectivity index (χ2v) is 7.21. The molecule has 0 fully saturated rings. The van der Waals surface area contributed by atoms with Crippen molar-refractivity contribution in [1.82, 2.24) is 4.98 Å². The number of carbonyl (C=O) groups excluding carboxylic acids is 1. The summed E-state index contributed by atoms with van der Waals surface area (Å²) in [5.74, 6) is 0.344. The van der Waals surface area contributed by atoms with Gasteiger partial charge in [-0.15, -0.1) is 0 Å². The van der Waals surface area contributed by atoms with Crippen LogP contribution < -0.4 is 5.32 Å². The number of thiazole rings is 1. The smallest absolute Gasteiger partial charge is 0.257 e. The number of carbonyl (C=O) groups is 1. The molecular formula is C19H20N2OS. The molecule has 2 aromatic carbocycles. The van der Waals surface area contributed by atoms with Crippen molar-refractivity contribution in [3.63, 3.8) is 0 Å². The Labute approximate surface area is 140 Å². The van der Waals surface area contributed by atoms with Gasteiger partial charge >= 0.3 is 0 Å². The molecule has 0 aliphatic carbocycles. The minimum absolute atomic E-state index is 0.117. The molecule has 1 aromatic heterocycles. The van der Waals surface area contributed by atoms with Crippen molar-refractivity contribution in [2.24, 2.45) is 0 Å². The number of hydrogen-bond donors (Lipinski definition) is 1. The van der Waals surface area contributed by atoms with E-state index in [-0.39, 0.29) is 5.91 Å². The summed E-state index contributed by atoms with van der Waals surface area (Å²) >= 11 is 1.51. The van der Waals surface area contributed by atoms with Crippen molar-refractivity contribution < 1.29 is 4.79 Å². The van der Waals surface area contributed by atoms with Crippen LogP contribution in [0.5, 0.6) is 0 Å². The highest BCUT2D eigenvalue weighted by molar-refractivity contribution is 7.22. The lowest BCUT2D eigenvalue weighted by atomic mass is 10.0. The SMILES string of the molecule is Cc1cc(C)c2nc(NC(=O)c3ccc(C(C)C)cc3)sc2c1. The Morgan fingerprint density at radius 1 is 1.13 bits per heavy atom. The number of nitrogens with zero attached hydrogens (tertiary/aromatic N) is 1. The predicted octanol–water partition coefficient (Wildman–Crippen LogP) is 5.29. The molecule has 4 heteroatoms. The Bertz CT molecular complexity index is 863.